The fraction of sp³-hybridized carbons (Fsp3) is 0.417. The molecule has 1 fully saturated rings. The lowest BCUT2D eigenvalue weighted by atomic mass is 9.81. The maximum Gasteiger partial charge on any atom is 0.219 e. The topological polar surface area (TPSA) is 104 Å². The molecule has 0 radical (unpaired) electrons. The van der Waals surface area contributed by atoms with E-state index in [1.807, 2.05) is 41.4 Å². The van der Waals surface area contributed by atoms with Crippen molar-refractivity contribution >= 4 is 27.0 Å². The van der Waals surface area contributed by atoms with Gasteiger partial charge in [0.1, 0.15) is 11.4 Å². The van der Waals surface area contributed by atoms with Gasteiger partial charge in [-0.2, -0.15) is 0 Å². The number of nitrogens with one attached hydrogen (secondary N) is 2. The van der Waals surface area contributed by atoms with E-state index in [1.54, 1.807) is 13.1 Å². The van der Waals surface area contributed by atoms with Crippen LogP contribution in [0, 0.1) is 5.41 Å². The van der Waals surface area contributed by atoms with Crippen LogP contribution in [0.3, 0.4) is 0 Å². The van der Waals surface area contributed by atoms with Crippen LogP contribution >= 0.6 is 0 Å². The Labute approximate surface area is 194 Å². The van der Waals surface area contributed by atoms with E-state index < -0.39 is 10.0 Å². The molecule has 0 atom stereocenters. The Bertz CT molecular complexity index is 1240. The molecule has 2 N–H and O–H groups in total. The fourth-order valence-corrected chi connectivity index (χ4v) is 4.98. The molecule has 0 unspecified atom stereocenters. The lowest BCUT2D eigenvalue weighted by Crippen LogP contribution is -2.43. The van der Waals surface area contributed by atoms with Crippen LogP contribution in [0.1, 0.15) is 32.3 Å². The Balaban J connectivity index is 1.55. The van der Waals surface area contributed by atoms with Gasteiger partial charge in [-0.15, -0.1) is 0 Å². The summed E-state index contributed by atoms with van der Waals surface area (Å²) in [6.07, 6.45) is 5.43. The van der Waals surface area contributed by atoms with Crippen molar-refractivity contribution in [2.24, 2.45) is 5.41 Å². The quantitative estimate of drug-likeness (QED) is 0.551. The number of rotatable bonds is 7. The van der Waals surface area contributed by atoms with Crippen LogP contribution < -0.4 is 9.46 Å². The second-order valence-corrected chi connectivity index (χ2v) is 10.9. The molecule has 0 bridgehead atoms. The van der Waals surface area contributed by atoms with Gasteiger partial charge in [0, 0.05) is 43.4 Å². The summed E-state index contributed by atoms with van der Waals surface area (Å²) in [6.45, 7) is 5.90. The number of hydrogen-bond donors (Lipinski definition) is 2. The molecular weight excluding hydrogens is 440 g/mol. The Hall–Kier alpha value is -2.91. The van der Waals surface area contributed by atoms with Crippen molar-refractivity contribution in [3.63, 3.8) is 0 Å². The number of hydrogen-bond acceptors (Lipinski definition) is 5. The number of carbonyl (C=O) groups excluding carboxylic acids is 1. The molecule has 3 aromatic rings. The summed E-state index contributed by atoms with van der Waals surface area (Å²) in [5.74, 6) is 0.821. The summed E-state index contributed by atoms with van der Waals surface area (Å²) in [7, 11) is -1.91. The van der Waals surface area contributed by atoms with Crippen LogP contribution in [0.15, 0.2) is 42.7 Å². The Kier molecular flexibility index (Phi) is 6.45. The van der Waals surface area contributed by atoms with Crippen LogP contribution in [0.4, 0.5) is 0 Å². The lowest BCUT2D eigenvalue weighted by Gasteiger charge is -2.38. The first-order chi connectivity index (χ1) is 15.7. The van der Waals surface area contributed by atoms with E-state index in [1.165, 1.54) is 7.05 Å². The van der Waals surface area contributed by atoms with Crippen molar-refractivity contribution in [2.75, 3.05) is 26.7 Å². The third kappa shape index (κ3) is 5.20. The summed E-state index contributed by atoms with van der Waals surface area (Å²) in [6, 6.07) is 9.35. The smallest absolute Gasteiger partial charge is 0.219 e. The molecule has 1 aromatic carbocycles. The second kappa shape index (κ2) is 9.15. The molecule has 0 aliphatic carbocycles. The molecule has 1 amide bonds. The van der Waals surface area contributed by atoms with E-state index in [-0.39, 0.29) is 17.1 Å². The molecule has 0 spiro atoms. The highest BCUT2D eigenvalue weighted by atomic mass is 32.2. The van der Waals surface area contributed by atoms with Crippen molar-refractivity contribution in [1.29, 1.82) is 0 Å². The van der Waals surface area contributed by atoms with Gasteiger partial charge in [-0.25, -0.2) is 18.1 Å². The Morgan fingerprint density at radius 1 is 1.21 bits per heavy atom. The van der Waals surface area contributed by atoms with Gasteiger partial charge in [-0.3, -0.25) is 4.79 Å². The number of nitrogens with zero attached hydrogens (tertiary/aromatic N) is 2. The van der Waals surface area contributed by atoms with Crippen molar-refractivity contribution in [1.82, 2.24) is 19.6 Å². The first-order valence-corrected chi connectivity index (χ1v) is 12.7. The molecule has 2 aromatic heterocycles. The highest BCUT2D eigenvalue weighted by Gasteiger charge is 2.32. The van der Waals surface area contributed by atoms with Crippen molar-refractivity contribution in [3.8, 4) is 16.9 Å². The van der Waals surface area contributed by atoms with Gasteiger partial charge in [0.05, 0.1) is 17.7 Å². The third-order valence-corrected chi connectivity index (χ3v) is 7.80. The molecule has 33 heavy (non-hydrogen) atoms. The fourth-order valence-electron chi connectivity index (χ4n) is 4.20. The highest BCUT2D eigenvalue weighted by Crippen LogP contribution is 2.37. The molecule has 8 nitrogen and oxygen atoms in total. The number of aromatic amines is 1. The van der Waals surface area contributed by atoms with Gasteiger partial charge >= 0.3 is 0 Å². The zero-order valence-electron chi connectivity index (χ0n) is 19.2. The number of benzene rings is 1. The average molecular weight is 471 g/mol. The third-order valence-electron chi connectivity index (χ3n) is 6.46. The van der Waals surface area contributed by atoms with Gasteiger partial charge in [0.25, 0.3) is 0 Å². The average Bonchev–Trinajstić information content (AvgIpc) is 3.23. The van der Waals surface area contributed by atoms with Crippen LogP contribution in [0.25, 0.3) is 22.2 Å². The Morgan fingerprint density at radius 3 is 2.55 bits per heavy atom. The summed E-state index contributed by atoms with van der Waals surface area (Å²) in [5, 5.41) is 0.901. The molecule has 9 heteroatoms. The maximum absolute atomic E-state index is 11.8. The summed E-state index contributed by atoms with van der Waals surface area (Å²) >= 11 is 0. The van der Waals surface area contributed by atoms with E-state index >= 15 is 0 Å². The molecule has 3 heterocycles. The number of aromatic nitrogens is 2. The summed E-state index contributed by atoms with van der Waals surface area (Å²) in [4.78, 5) is 21.2. The Morgan fingerprint density at radius 2 is 1.91 bits per heavy atom. The number of ether oxygens (including phenoxy) is 1. The molecule has 0 saturated carbocycles. The van der Waals surface area contributed by atoms with Crippen molar-refractivity contribution in [2.45, 2.75) is 32.4 Å². The number of carbonyl (C=O) groups is 1. The van der Waals surface area contributed by atoms with Gasteiger partial charge in [0.15, 0.2) is 0 Å². The molecule has 1 aliphatic heterocycles. The summed E-state index contributed by atoms with van der Waals surface area (Å²) in [5.41, 5.74) is 3.35. The zero-order chi connectivity index (χ0) is 23.6. The van der Waals surface area contributed by atoms with Gasteiger partial charge < -0.3 is 14.6 Å². The second-order valence-electron chi connectivity index (χ2n) is 9.00. The van der Waals surface area contributed by atoms with Crippen LogP contribution in [-0.4, -0.2) is 55.9 Å². The molecule has 1 aliphatic rings. The first-order valence-electron chi connectivity index (χ1n) is 11.0. The van der Waals surface area contributed by atoms with Gasteiger partial charge in [-0.05, 0) is 37.1 Å². The largest absolute Gasteiger partial charge is 0.492 e. The molecule has 4 rings (SSSR count). The highest BCUT2D eigenvalue weighted by molar-refractivity contribution is 7.88. The predicted octanol–water partition coefficient (Wildman–Crippen LogP) is 3.31. The number of piperidine rings is 1. The molecule has 176 valence electrons. The van der Waals surface area contributed by atoms with Crippen molar-refractivity contribution < 1.29 is 17.9 Å². The van der Waals surface area contributed by atoms with Gasteiger partial charge in [-0.1, -0.05) is 31.2 Å². The number of sulfonamides is 1. The lowest BCUT2D eigenvalue weighted by molar-refractivity contribution is -0.131. The predicted molar refractivity (Wildman–Crippen MR) is 128 cm³/mol. The van der Waals surface area contributed by atoms with E-state index in [0.29, 0.717) is 12.2 Å². The first kappa shape index (κ1) is 23.3. The SMILES string of the molecule is CNS(=O)(=O)Cc1ccc(-c2c[nH]c3nccc(OCC4(C)CCN(C(C)=O)CC4)c23)cc1. The molecular formula is C24H30N4O4S. The van der Waals surface area contributed by atoms with E-state index in [0.717, 1.165) is 53.8 Å². The van der Waals surface area contributed by atoms with E-state index in [4.69, 9.17) is 4.74 Å². The van der Waals surface area contributed by atoms with Crippen LogP contribution in [0.5, 0.6) is 5.75 Å². The minimum absolute atomic E-state index is 0.00152. The zero-order valence-corrected chi connectivity index (χ0v) is 20.0. The normalized spacial score (nSPS) is 16.2. The van der Waals surface area contributed by atoms with Crippen LogP contribution in [-0.2, 0) is 20.6 Å². The standard InChI is InChI=1S/C24H30N4O4S/c1-17(29)28-12-9-24(2,10-13-28)16-32-21-8-11-26-23-22(21)20(14-27-23)19-6-4-18(5-7-19)15-33(30,31)25-3/h4-8,11,14,25H,9-10,12-13,15-16H2,1-3H3,(H,26,27). The summed E-state index contributed by atoms with van der Waals surface area (Å²) < 4.78 is 32.3. The minimum atomic E-state index is -3.32. The maximum atomic E-state index is 11.8. The van der Waals surface area contributed by atoms with Crippen molar-refractivity contribution in [3.05, 3.63) is 48.3 Å². The van der Waals surface area contributed by atoms with Crippen LogP contribution in [0.2, 0.25) is 0 Å². The van der Waals surface area contributed by atoms with Gasteiger partial charge in [0.2, 0.25) is 15.9 Å². The number of fused-ring (bicyclic) bond motifs is 1. The van der Waals surface area contributed by atoms with E-state index in [2.05, 4.69) is 21.6 Å². The number of pyridine rings is 1. The number of H-pyrrole nitrogens is 1. The number of amides is 1. The molecule has 1 saturated heterocycles. The number of likely N-dealkylation sites (tertiary alicyclic amines) is 1. The minimum Gasteiger partial charge on any atom is -0.492 e. The van der Waals surface area contributed by atoms with E-state index in [9.17, 15) is 13.2 Å². The monoisotopic (exact) mass is 470 g/mol.